The minimum absolute atomic E-state index is 0.0474. The van der Waals surface area contributed by atoms with Crippen LogP contribution in [0, 0.1) is 0 Å². The number of hydrogen-bond acceptors (Lipinski definition) is 5. The highest BCUT2D eigenvalue weighted by atomic mass is 16.4. The van der Waals surface area contributed by atoms with E-state index in [1.54, 1.807) is 6.92 Å². The van der Waals surface area contributed by atoms with Crippen LogP contribution in [-0.4, -0.2) is 52.3 Å². The molecule has 0 aliphatic carbocycles. The Kier molecular flexibility index (Phi) is 3.68. The summed E-state index contributed by atoms with van der Waals surface area (Å²) < 4.78 is 0. The predicted octanol–water partition coefficient (Wildman–Crippen LogP) is -1.26. The molecule has 5 atom stereocenters. The van der Waals surface area contributed by atoms with E-state index in [9.17, 15) is 15.3 Å². The third-order valence-electron chi connectivity index (χ3n) is 2.44. The van der Waals surface area contributed by atoms with Crippen molar-refractivity contribution in [1.29, 1.82) is 0 Å². The van der Waals surface area contributed by atoms with Gasteiger partial charge in [0, 0.05) is 23.5 Å². The Morgan fingerprint density at radius 3 is 2.50 bits per heavy atom. The number of piperidine rings is 1. The Balaban J connectivity index is 2.64. The summed E-state index contributed by atoms with van der Waals surface area (Å²) in [6, 6.07) is -0.855. The number of rotatable bonds is 2. The van der Waals surface area contributed by atoms with E-state index in [4.69, 9.17) is 5.53 Å². The predicted molar refractivity (Wildman–Crippen MR) is 48.4 cm³/mol. The number of nitrogens with one attached hydrogen (secondary N) is 1. The second-order valence-electron chi connectivity index (χ2n) is 3.45. The molecule has 1 rings (SSSR count). The van der Waals surface area contributed by atoms with Gasteiger partial charge in [0.1, 0.15) is 6.10 Å². The zero-order valence-corrected chi connectivity index (χ0v) is 7.78. The maximum atomic E-state index is 9.50. The second-order valence-corrected chi connectivity index (χ2v) is 3.45. The molecule has 7 heteroatoms. The van der Waals surface area contributed by atoms with E-state index in [-0.39, 0.29) is 12.6 Å². The van der Waals surface area contributed by atoms with Crippen molar-refractivity contribution in [1.82, 2.24) is 5.32 Å². The zero-order valence-electron chi connectivity index (χ0n) is 7.78. The van der Waals surface area contributed by atoms with E-state index >= 15 is 0 Å². The van der Waals surface area contributed by atoms with Gasteiger partial charge in [0.05, 0.1) is 12.2 Å². The van der Waals surface area contributed by atoms with Crippen LogP contribution < -0.4 is 5.32 Å². The van der Waals surface area contributed by atoms with Crippen LogP contribution in [0.5, 0.6) is 0 Å². The average molecular weight is 202 g/mol. The van der Waals surface area contributed by atoms with Crippen molar-refractivity contribution in [2.45, 2.75) is 37.3 Å². The number of nitrogens with zero attached hydrogens (tertiary/aromatic N) is 3. The first kappa shape index (κ1) is 11.2. The number of aliphatic hydroxyl groups is 3. The standard InChI is InChI=1S/C7H14N4O3/c1-3-5(12)7(14)6(13)4(10-3)2-9-11-8/h3-7,10,12-14H,2H2,1H3/t3-,4+,5+,6+,7+/m0/s1. The van der Waals surface area contributed by atoms with Gasteiger partial charge >= 0.3 is 0 Å². The summed E-state index contributed by atoms with van der Waals surface area (Å²) in [6.07, 6.45) is -3.33. The van der Waals surface area contributed by atoms with Gasteiger partial charge in [0.2, 0.25) is 0 Å². The van der Waals surface area contributed by atoms with Gasteiger partial charge in [0.25, 0.3) is 0 Å². The molecular formula is C7H14N4O3. The van der Waals surface area contributed by atoms with Crippen molar-refractivity contribution in [3.05, 3.63) is 10.4 Å². The molecule has 0 aromatic heterocycles. The highest BCUT2D eigenvalue weighted by Crippen LogP contribution is 2.15. The number of azide groups is 1. The lowest BCUT2D eigenvalue weighted by molar-refractivity contribution is -0.108. The monoisotopic (exact) mass is 202 g/mol. The van der Waals surface area contributed by atoms with E-state index in [0.29, 0.717) is 0 Å². The van der Waals surface area contributed by atoms with Gasteiger partial charge in [-0.1, -0.05) is 5.11 Å². The molecule has 0 bridgehead atoms. The first-order valence-corrected chi connectivity index (χ1v) is 4.39. The van der Waals surface area contributed by atoms with E-state index in [2.05, 4.69) is 15.3 Å². The molecule has 0 unspecified atom stereocenters. The van der Waals surface area contributed by atoms with Crippen molar-refractivity contribution < 1.29 is 15.3 Å². The summed E-state index contributed by atoms with van der Waals surface area (Å²) in [6.45, 7) is 1.73. The fourth-order valence-corrected chi connectivity index (χ4v) is 1.56. The SMILES string of the molecule is C[C@@H]1N[C@H](CN=[N+]=[N-])[C@@H](O)[C@H](O)[C@@H]1O. The maximum Gasteiger partial charge on any atom is 0.109 e. The first-order chi connectivity index (χ1) is 6.57. The van der Waals surface area contributed by atoms with Crippen molar-refractivity contribution in [2.75, 3.05) is 6.54 Å². The Morgan fingerprint density at radius 1 is 1.29 bits per heavy atom. The molecule has 0 aromatic rings. The minimum Gasteiger partial charge on any atom is -0.389 e. The minimum atomic E-state index is -1.20. The molecule has 0 radical (unpaired) electrons. The van der Waals surface area contributed by atoms with Crippen LogP contribution in [0.2, 0.25) is 0 Å². The van der Waals surface area contributed by atoms with Gasteiger partial charge in [-0.15, -0.1) is 0 Å². The molecule has 7 nitrogen and oxygen atoms in total. The summed E-state index contributed by atoms with van der Waals surface area (Å²) in [4.78, 5) is 2.56. The van der Waals surface area contributed by atoms with Crippen molar-refractivity contribution in [3.8, 4) is 0 Å². The Bertz CT molecular complexity index is 243. The molecule has 0 spiro atoms. The van der Waals surface area contributed by atoms with Crippen LogP contribution in [0.3, 0.4) is 0 Å². The smallest absolute Gasteiger partial charge is 0.109 e. The lowest BCUT2D eigenvalue weighted by atomic mass is 9.91. The highest BCUT2D eigenvalue weighted by molar-refractivity contribution is 4.97. The summed E-state index contributed by atoms with van der Waals surface area (Å²) in [7, 11) is 0. The van der Waals surface area contributed by atoms with Crippen molar-refractivity contribution in [3.63, 3.8) is 0 Å². The van der Waals surface area contributed by atoms with Gasteiger partial charge in [0.15, 0.2) is 0 Å². The first-order valence-electron chi connectivity index (χ1n) is 4.39. The third kappa shape index (κ3) is 2.14. The van der Waals surface area contributed by atoms with E-state index in [1.165, 1.54) is 0 Å². The number of hydrogen-bond donors (Lipinski definition) is 4. The van der Waals surface area contributed by atoms with Crippen LogP contribution in [0.25, 0.3) is 10.4 Å². The molecule has 1 heterocycles. The Morgan fingerprint density at radius 2 is 1.93 bits per heavy atom. The third-order valence-corrected chi connectivity index (χ3v) is 2.44. The molecule has 14 heavy (non-hydrogen) atoms. The lowest BCUT2D eigenvalue weighted by Gasteiger charge is -2.39. The molecule has 1 fully saturated rings. The van der Waals surface area contributed by atoms with Crippen LogP contribution >= 0.6 is 0 Å². The molecule has 4 N–H and O–H groups in total. The van der Waals surface area contributed by atoms with Gasteiger partial charge in [-0.2, -0.15) is 0 Å². The Labute approximate surface area is 81.0 Å². The number of aliphatic hydroxyl groups excluding tert-OH is 3. The zero-order chi connectivity index (χ0) is 10.7. The quantitative estimate of drug-likeness (QED) is 0.253. The summed E-state index contributed by atoms with van der Waals surface area (Å²) in [5.41, 5.74) is 8.10. The summed E-state index contributed by atoms with van der Waals surface area (Å²) in [5, 5.41) is 34.5. The van der Waals surface area contributed by atoms with Crippen LogP contribution in [0.15, 0.2) is 5.11 Å². The fraction of sp³-hybridized carbons (Fsp3) is 1.00. The second kappa shape index (κ2) is 4.59. The van der Waals surface area contributed by atoms with E-state index < -0.39 is 24.4 Å². The molecule has 0 amide bonds. The van der Waals surface area contributed by atoms with E-state index in [1.807, 2.05) is 0 Å². The van der Waals surface area contributed by atoms with Crippen LogP contribution in [-0.2, 0) is 0 Å². The highest BCUT2D eigenvalue weighted by Gasteiger charge is 2.39. The topological polar surface area (TPSA) is 121 Å². The summed E-state index contributed by atoms with van der Waals surface area (Å²) in [5.74, 6) is 0. The average Bonchev–Trinajstić information content (AvgIpc) is 2.18. The lowest BCUT2D eigenvalue weighted by Crippen LogP contribution is -2.64. The molecule has 1 aliphatic rings. The van der Waals surface area contributed by atoms with Crippen LogP contribution in [0.1, 0.15) is 6.92 Å². The van der Waals surface area contributed by atoms with Crippen LogP contribution in [0.4, 0.5) is 0 Å². The van der Waals surface area contributed by atoms with E-state index in [0.717, 1.165) is 0 Å². The Hall–Kier alpha value is -0.850. The molecule has 1 saturated heterocycles. The largest absolute Gasteiger partial charge is 0.389 e. The normalized spacial score (nSPS) is 43.0. The van der Waals surface area contributed by atoms with Gasteiger partial charge in [-0.25, -0.2) is 0 Å². The molecule has 80 valence electrons. The molecule has 0 saturated carbocycles. The van der Waals surface area contributed by atoms with Gasteiger partial charge < -0.3 is 20.6 Å². The molecule has 1 aliphatic heterocycles. The molecular weight excluding hydrogens is 188 g/mol. The van der Waals surface area contributed by atoms with Gasteiger partial charge in [-0.3, -0.25) is 0 Å². The fourth-order valence-electron chi connectivity index (χ4n) is 1.56. The summed E-state index contributed by atoms with van der Waals surface area (Å²) >= 11 is 0. The van der Waals surface area contributed by atoms with Crippen molar-refractivity contribution >= 4 is 0 Å². The molecule has 0 aromatic carbocycles. The van der Waals surface area contributed by atoms with Crippen molar-refractivity contribution in [2.24, 2.45) is 5.11 Å². The van der Waals surface area contributed by atoms with Gasteiger partial charge in [-0.05, 0) is 12.5 Å². The maximum absolute atomic E-state index is 9.50.